The fourth-order valence-electron chi connectivity index (χ4n) is 2.46. The number of nitrogens with zero attached hydrogens (tertiary/aromatic N) is 3. The van der Waals surface area contributed by atoms with Gasteiger partial charge in [0.1, 0.15) is 5.76 Å². The molecule has 7 heteroatoms. The van der Waals surface area contributed by atoms with Gasteiger partial charge >= 0.3 is 0 Å². The molecular weight excluding hydrogens is 358 g/mol. The number of halogens is 1. The number of hydrogen-bond donors (Lipinski definition) is 0. The average molecular weight is 372 g/mol. The van der Waals surface area contributed by atoms with Gasteiger partial charge in [0.05, 0.1) is 19.1 Å². The lowest BCUT2D eigenvalue weighted by Crippen LogP contribution is -2.03. The molecule has 0 N–H and O–H groups in total. The topological polar surface area (TPSA) is 57.0 Å². The Kier molecular flexibility index (Phi) is 4.63. The molecule has 0 aliphatic rings. The number of rotatable bonds is 6. The SMILES string of the molecule is Clc1cccc(CSc2nnc(-c3ccco3)n2Cc2ccco2)c1. The third-order valence-corrected chi connectivity index (χ3v) is 4.88. The van der Waals surface area contributed by atoms with Crippen LogP contribution in [0.2, 0.25) is 5.02 Å². The van der Waals surface area contributed by atoms with Crippen molar-refractivity contribution in [3.8, 4) is 11.6 Å². The van der Waals surface area contributed by atoms with Crippen molar-refractivity contribution in [3.05, 3.63) is 77.4 Å². The summed E-state index contributed by atoms with van der Waals surface area (Å²) in [5, 5.41) is 10.2. The fraction of sp³-hybridized carbons (Fsp3) is 0.111. The van der Waals surface area contributed by atoms with Gasteiger partial charge in [-0.2, -0.15) is 0 Å². The van der Waals surface area contributed by atoms with Gasteiger partial charge in [0.2, 0.25) is 5.82 Å². The van der Waals surface area contributed by atoms with E-state index in [1.807, 2.05) is 53.1 Å². The molecule has 3 aromatic heterocycles. The normalized spacial score (nSPS) is 11.1. The van der Waals surface area contributed by atoms with Crippen LogP contribution < -0.4 is 0 Å². The molecular formula is C18H14ClN3O2S. The van der Waals surface area contributed by atoms with E-state index in [1.54, 1.807) is 24.3 Å². The Hall–Kier alpha value is -2.44. The van der Waals surface area contributed by atoms with Crippen molar-refractivity contribution in [1.29, 1.82) is 0 Å². The maximum atomic E-state index is 6.06. The Labute approximate surface area is 153 Å². The molecule has 0 radical (unpaired) electrons. The molecule has 4 aromatic rings. The summed E-state index contributed by atoms with van der Waals surface area (Å²) in [6.07, 6.45) is 3.28. The van der Waals surface area contributed by atoms with Gasteiger partial charge in [-0.3, -0.25) is 4.57 Å². The summed E-state index contributed by atoms with van der Waals surface area (Å²) in [7, 11) is 0. The maximum absolute atomic E-state index is 6.06. The van der Waals surface area contributed by atoms with E-state index in [1.165, 1.54) is 0 Å². The first-order valence-corrected chi connectivity index (χ1v) is 9.02. The van der Waals surface area contributed by atoms with E-state index in [0.29, 0.717) is 18.1 Å². The van der Waals surface area contributed by atoms with Crippen molar-refractivity contribution in [2.24, 2.45) is 0 Å². The molecule has 126 valence electrons. The Morgan fingerprint density at radius 1 is 1.00 bits per heavy atom. The molecule has 0 atom stereocenters. The molecule has 0 bridgehead atoms. The molecule has 0 saturated carbocycles. The first-order chi connectivity index (χ1) is 12.3. The molecule has 0 aliphatic heterocycles. The summed E-state index contributed by atoms with van der Waals surface area (Å²) in [6, 6.07) is 15.3. The Balaban J connectivity index is 1.62. The predicted molar refractivity (Wildman–Crippen MR) is 96.5 cm³/mol. The minimum absolute atomic E-state index is 0.536. The van der Waals surface area contributed by atoms with E-state index in [4.69, 9.17) is 20.4 Å². The second-order valence-corrected chi connectivity index (χ2v) is 6.75. The summed E-state index contributed by atoms with van der Waals surface area (Å²) in [4.78, 5) is 0. The van der Waals surface area contributed by atoms with Crippen LogP contribution in [0.4, 0.5) is 0 Å². The minimum Gasteiger partial charge on any atom is -0.467 e. The van der Waals surface area contributed by atoms with Crippen molar-refractivity contribution in [2.75, 3.05) is 0 Å². The first kappa shape index (κ1) is 16.1. The van der Waals surface area contributed by atoms with Gasteiger partial charge in [-0.15, -0.1) is 10.2 Å². The second kappa shape index (κ2) is 7.21. The Morgan fingerprint density at radius 3 is 2.64 bits per heavy atom. The van der Waals surface area contributed by atoms with E-state index in [-0.39, 0.29) is 0 Å². The van der Waals surface area contributed by atoms with E-state index < -0.39 is 0 Å². The largest absolute Gasteiger partial charge is 0.467 e. The minimum atomic E-state index is 0.536. The average Bonchev–Trinajstić information content (AvgIpc) is 3.36. The van der Waals surface area contributed by atoms with Crippen LogP contribution in [0.25, 0.3) is 11.6 Å². The van der Waals surface area contributed by atoms with E-state index in [0.717, 1.165) is 27.3 Å². The first-order valence-electron chi connectivity index (χ1n) is 7.66. The lowest BCUT2D eigenvalue weighted by Gasteiger charge is -2.07. The zero-order valence-corrected chi connectivity index (χ0v) is 14.7. The molecule has 0 saturated heterocycles. The van der Waals surface area contributed by atoms with Crippen molar-refractivity contribution < 1.29 is 8.83 Å². The molecule has 0 spiro atoms. The standard InChI is InChI=1S/C18H14ClN3O2S/c19-14-5-1-4-13(10-14)12-25-18-21-20-17(16-7-3-9-24-16)22(18)11-15-6-2-8-23-15/h1-10H,11-12H2. The van der Waals surface area contributed by atoms with Crippen LogP contribution >= 0.6 is 23.4 Å². The van der Waals surface area contributed by atoms with Crippen LogP contribution in [0, 0.1) is 0 Å². The zero-order chi connectivity index (χ0) is 17.1. The van der Waals surface area contributed by atoms with Gasteiger partial charge in [0, 0.05) is 10.8 Å². The Bertz CT molecular complexity index is 949. The lowest BCUT2D eigenvalue weighted by molar-refractivity contribution is 0.482. The predicted octanol–water partition coefficient (Wildman–Crippen LogP) is 5.13. The van der Waals surface area contributed by atoms with Gasteiger partial charge in [-0.1, -0.05) is 35.5 Å². The van der Waals surface area contributed by atoms with Gasteiger partial charge in [0.25, 0.3) is 0 Å². The highest BCUT2D eigenvalue weighted by atomic mass is 35.5. The van der Waals surface area contributed by atoms with Gasteiger partial charge < -0.3 is 8.83 Å². The summed E-state index contributed by atoms with van der Waals surface area (Å²) in [6.45, 7) is 0.536. The zero-order valence-electron chi connectivity index (χ0n) is 13.1. The summed E-state index contributed by atoms with van der Waals surface area (Å²) < 4.78 is 13.0. The molecule has 0 aliphatic carbocycles. The van der Waals surface area contributed by atoms with Gasteiger partial charge in [-0.05, 0) is 42.0 Å². The monoisotopic (exact) mass is 371 g/mol. The number of thioether (sulfide) groups is 1. The van der Waals surface area contributed by atoms with Crippen LogP contribution in [-0.4, -0.2) is 14.8 Å². The molecule has 1 aromatic carbocycles. The third-order valence-electron chi connectivity index (χ3n) is 3.61. The highest BCUT2D eigenvalue weighted by Gasteiger charge is 2.17. The molecule has 0 fully saturated rings. The van der Waals surface area contributed by atoms with Crippen molar-refractivity contribution in [2.45, 2.75) is 17.5 Å². The maximum Gasteiger partial charge on any atom is 0.200 e. The van der Waals surface area contributed by atoms with Crippen molar-refractivity contribution >= 4 is 23.4 Å². The highest BCUT2D eigenvalue weighted by molar-refractivity contribution is 7.98. The number of benzene rings is 1. The van der Waals surface area contributed by atoms with Crippen LogP contribution in [0.5, 0.6) is 0 Å². The van der Waals surface area contributed by atoms with E-state index in [9.17, 15) is 0 Å². The van der Waals surface area contributed by atoms with Crippen molar-refractivity contribution in [3.63, 3.8) is 0 Å². The van der Waals surface area contributed by atoms with E-state index >= 15 is 0 Å². The number of furan rings is 2. The van der Waals surface area contributed by atoms with Gasteiger partial charge in [-0.25, -0.2) is 0 Å². The quantitative estimate of drug-likeness (QED) is 0.440. The van der Waals surface area contributed by atoms with Crippen LogP contribution in [0.15, 0.2) is 75.0 Å². The molecule has 3 heterocycles. The van der Waals surface area contributed by atoms with Crippen LogP contribution in [0.3, 0.4) is 0 Å². The smallest absolute Gasteiger partial charge is 0.200 e. The number of aromatic nitrogens is 3. The highest BCUT2D eigenvalue weighted by Crippen LogP contribution is 2.28. The molecule has 0 unspecified atom stereocenters. The molecule has 5 nitrogen and oxygen atoms in total. The lowest BCUT2D eigenvalue weighted by atomic mass is 10.2. The summed E-state index contributed by atoms with van der Waals surface area (Å²) in [5.41, 5.74) is 1.13. The van der Waals surface area contributed by atoms with Crippen molar-refractivity contribution in [1.82, 2.24) is 14.8 Å². The third kappa shape index (κ3) is 3.65. The van der Waals surface area contributed by atoms with Crippen LogP contribution in [0.1, 0.15) is 11.3 Å². The molecule has 25 heavy (non-hydrogen) atoms. The molecule has 4 rings (SSSR count). The molecule has 0 amide bonds. The van der Waals surface area contributed by atoms with E-state index in [2.05, 4.69) is 10.2 Å². The fourth-order valence-corrected chi connectivity index (χ4v) is 3.55. The summed E-state index contributed by atoms with van der Waals surface area (Å²) >= 11 is 7.65. The summed E-state index contributed by atoms with van der Waals surface area (Å²) in [5.74, 6) is 2.93. The Morgan fingerprint density at radius 2 is 1.88 bits per heavy atom. The van der Waals surface area contributed by atoms with Gasteiger partial charge in [0.15, 0.2) is 10.9 Å². The van der Waals surface area contributed by atoms with Crippen LogP contribution in [-0.2, 0) is 12.3 Å². The number of hydrogen-bond acceptors (Lipinski definition) is 5. The second-order valence-electron chi connectivity index (χ2n) is 5.37.